The van der Waals surface area contributed by atoms with E-state index in [0.717, 1.165) is 36.5 Å². The van der Waals surface area contributed by atoms with Gasteiger partial charge in [0, 0.05) is 31.5 Å². The SMILES string of the molecule is O=[N+]([O-])c1ccc(CN=C(NCc2nnc3ccccn23)NCC2CCCO2)cc1. The van der Waals surface area contributed by atoms with Crippen LogP contribution in [0.4, 0.5) is 5.69 Å². The Bertz CT molecular complexity index is 1030. The van der Waals surface area contributed by atoms with E-state index >= 15 is 0 Å². The average Bonchev–Trinajstić information content (AvgIpc) is 3.43. The van der Waals surface area contributed by atoms with Crippen LogP contribution in [0, 0.1) is 10.1 Å². The Morgan fingerprint density at radius 1 is 1.23 bits per heavy atom. The van der Waals surface area contributed by atoms with Crippen molar-refractivity contribution in [1.82, 2.24) is 25.2 Å². The minimum atomic E-state index is -0.411. The van der Waals surface area contributed by atoms with Crippen LogP contribution in [0.3, 0.4) is 0 Å². The highest BCUT2D eigenvalue weighted by Crippen LogP contribution is 2.13. The maximum absolute atomic E-state index is 10.8. The fraction of sp³-hybridized carbons (Fsp3) is 0.350. The predicted octanol–water partition coefficient (Wildman–Crippen LogP) is 2.05. The van der Waals surface area contributed by atoms with Crippen molar-refractivity contribution in [1.29, 1.82) is 0 Å². The van der Waals surface area contributed by atoms with Crippen LogP contribution in [0.25, 0.3) is 5.65 Å². The third-order valence-corrected chi connectivity index (χ3v) is 4.89. The van der Waals surface area contributed by atoms with Crippen LogP contribution in [0.1, 0.15) is 24.2 Å². The summed E-state index contributed by atoms with van der Waals surface area (Å²) in [5, 5.41) is 25.8. The Morgan fingerprint density at radius 2 is 2.10 bits per heavy atom. The number of fused-ring (bicyclic) bond motifs is 1. The molecule has 4 rings (SSSR count). The smallest absolute Gasteiger partial charge is 0.269 e. The topological polar surface area (TPSA) is 119 Å². The van der Waals surface area contributed by atoms with Crippen LogP contribution in [0.5, 0.6) is 0 Å². The van der Waals surface area contributed by atoms with Gasteiger partial charge in [-0.1, -0.05) is 18.2 Å². The number of nitro groups is 1. The molecule has 10 nitrogen and oxygen atoms in total. The maximum Gasteiger partial charge on any atom is 0.269 e. The van der Waals surface area contributed by atoms with Gasteiger partial charge in [0.15, 0.2) is 17.4 Å². The number of pyridine rings is 1. The average molecular weight is 409 g/mol. The summed E-state index contributed by atoms with van der Waals surface area (Å²) in [4.78, 5) is 15.0. The second-order valence-corrected chi connectivity index (χ2v) is 7.00. The van der Waals surface area contributed by atoms with Crippen LogP contribution >= 0.6 is 0 Å². The predicted molar refractivity (Wildman–Crippen MR) is 111 cm³/mol. The molecule has 1 atom stereocenters. The molecular weight excluding hydrogens is 386 g/mol. The van der Waals surface area contributed by atoms with Gasteiger partial charge >= 0.3 is 0 Å². The van der Waals surface area contributed by atoms with E-state index < -0.39 is 4.92 Å². The van der Waals surface area contributed by atoms with Gasteiger partial charge in [0.2, 0.25) is 0 Å². The number of hydrogen-bond donors (Lipinski definition) is 2. The standard InChI is InChI=1S/C20H23N7O3/c28-27(29)16-8-6-15(7-9-16)12-21-20(22-13-17-4-3-11-30-17)23-14-19-25-24-18-5-1-2-10-26(18)19/h1-2,5-10,17H,3-4,11-14H2,(H2,21,22,23). The van der Waals surface area contributed by atoms with Crippen LogP contribution in [0.15, 0.2) is 53.7 Å². The molecule has 10 heteroatoms. The van der Waals surface area contributed by atoms with Crippen molar-refractivity contribution in [2.24, 2.45) is 4.99 Å². The largest absolute Gasteiger partial charge is 0.376 e. The molecule has 0 aliphatic carbocycles. The van der Waals surface area contributed by atoms with Crippen LogP contribution in [0.2, 0.25) is 0 Å². The molecule has 0 spiro atoms. The summed E-state index contributed by atoms with van der Waals surface area (Å²) < 4.78 is 7.59. The first kappa shape index (κ1) is 19.8. The molecule has 1 aliphatic heterocycles. The monoisotopic (exact) mass is 409 g/mol. The molecule has 0 bridgehead atoms. The van der Waals surface area contributed by atoms with Gasteiger partial charge in [0.05, 0.1) is 24.1 Å². The second-order valence-electron chi connectivity index (χ2n) is 7.00. The number of aliphatic imine (C=N–C) groups is 1. The van der Waals surface area contributed by atoms with E-state index in [1.807, 2.05) is 28.8 Å². The van der Waals surface area contributed by atoms with Crippen molar-refractivity contribution >= 4 is 17.3 Å². The summed E-state index contributed by atoms with van der Waals surface area (Å²) in [7, 11) is 0. The number of non-ortho nitro benzene ring substituents is 1. The van der Waals surface area contributed by atoms with Gasteiger partial charge in [-0.3, -0.25) is 14.5 Å². The Balaban J connectivity index is 1.43. The normalized spacial score (nSPS) is 16.7. The van der Waals surface area contributed by atoms with Gasteiger partial charge in [0.1, 0.15) is 0 Å². The van der Waals surface area contributed by atoms with E-state index in [1.54, 1.807) is 12.1 Å². The van der Waals surface area contributed by atoms with E-state index in [9.17, 15) is 10.1 Å². The fourth-order valence-electron chi connectivity index (χ4n) is 3.26. The highest BCUT2D eigenvalue weighted by atomic mass is 16.6. The lowest BCUT2D eigenvalue weighted by atomic mass is 10.2. The molecule has 3 aromatic rings. The molecule has 1 aromatic carbocycles. The Labute approximate surface area is 173 Å². The van der Waals surface area contributed by atoms with Gasteiger partial charge in [-0.05, 0) is 30.5 Å². The fourth-order valence-corrected chi connectivity index (χ4v) is 3.26. The zero-order valence-electron chi connectivity index (χ0n) is 16.4. The molecule has 2 N–H and O–H groups in total. The Morgan fingerprint density at radius 3 is 2.87 bits per heavy atom. The number of ether oxygens (including phenoxy) is 1. The van der Waals surface area contributed by atoms with E-state index in [4.69, 9.17) is 4.74 Å². The van der Waals surface area contributed by atoms with Crippen LogP contribution in [-0.4, -0.2) is 44.7 Å². The number of rotatable bonds is 7. The van der Waals surface area contributed by atoms with Crippen LogP contribution < -0.4 is 10.6 Å². The molecular formula is C20H23N7O3. The summed E-state index contributed by atoms with van der Waals surface area (Å²) >= 11 is 0. The Kier molecular flexibility index (Phi) is 6.14. The van der Waals surface area contributed by atoms with Crippen molar-refractivity contribution in [3.05, 3.63) is 70.2 Å². The van der Waals surface area contributed by atoms with Crippen molar-refractivity contribution in [2.75, 3.05) is 13.2 Å². The molecule has 30 heavy (non-hydrogen) atoms. The number of nitrogens with zero attached hydrogens (tertiary/aromatic N) is 5. The van der Waals surface area contributed by atoms with Gasteiger partial charge in [-0.2, -0.15) is 0 Å². The number of aromatic nitrogens is 3. The zero-order chi connectivity index (χ0) is 20.8. The van der Waals surface area contributed by atoms with E-state index in [2.05, 4.69) is 25.8 Å². The molecule has 156 valence electrons. The quantitative estimate of drug-likeness (QED) is 0.265. The van der Waals surface area contributed by atoms with E-state index in [-0.39, 0.29) is 11.8 Å². The summed E-state index contributed by atoms with van der Waals surface area (Å²) in [6.07, 6.45) is 4.18. The van der Waals surface area contributed by atoms with Gasteiger partial charge in [-0.25, -0.2) is 4.99 Å². The zero-order valence-corrected chi connectivity index (χ0v) is 16.4. The summed E-state index contributed by atoms with van der Waals surface area (Å²) in [5.74, 6) is 1.39. The minimum Gasteiger partial charge on any atom is -0.376 e. The van der Waals surface area contributed by atoms with E-state index in [1.165, 1.54) is 12.1 Å². The van der Waals surface area contributed by atoms with Crippen molar-refractivity contribution in [2.45, 2.75) is 32.0 Å². The van der Waals surface area contributed by atoms with Gasteiger partial charge < -0.3 is 15.4 Å². The third-order valence-electron chi connectivity index (χ3n) is 4.89. The highest BCUT2D eigenvalue weighted by molar-refractivity contribution is 5.79. The number of hydrogen-bond acceptors (Lipinski definition) is 6. The molecule has 1 aliphatic rings. The maximum atomic E-state index is 10.8. The molecule has 0 saturated carbocycles. The lowest BCUT2D eigenvalue weighted by molar-refractivity contribution is -0.384. The number of benzene rings is 1. The lowest BCUT2D eigenvalue weighted by Gasteiger charge is -2.15. The second kappa shape index (κ2) is 9.31. The van der Waals surface area contributed by atoms with Gasteiger partial charge in [-0.15, -0.1) is 10.2 Å². The van der Waals surface area contributed by atoms with Crippen LogP contribution in [-0.2, 0) is 17.8 Å². The summed E-state index contributed by atoms with van der Waals surface area (Å²) in [6, 6.07) is 12.1. The van der Waals surface area contributed by atoms with Gasteiger partial charge in [0.25, 0.3) is 5.69 Å². The molecule has 1 saturated heterocycles. The van der Waals surface area contributed by atoms with Crippen molar-refractivity contribution < 1.29 is 9.66 Å². The first-order valence-corrected chi connectivity index (χ1v) is 9.85. The summed E-state index contributed by atoms with van der Waals surface area (Å²) in [6.45, 7) is 2.29. The molecule has 3 heterocycles. The lowest BCUT2D eigenvalue weighted by Crippen LogP contribution is -2.41. The van der Waals surface area contributed by atoms with Crippen molar-refractivity contribution in [3.63, 3.8) is 0 Å². The molecule has 1 unspecified atom stereocenters. The van der Waals surface area contributed by atoms with E-state index in [0.29, 0.717) is 25.6 Å². The first-order valence-electron chi connectivity index (χ1n) is 9.85. The molecule has 0 radical (unpaired) electrons. The molecule has 1 fully saturated rings. The number of nitrogens with one attached hydrogen (secondary N) is 2. The van der Waals surface area contributed by atoms with Crippen molar-refractivity contribution in [3.8, 4) is 0 Å². The summed E-state index contributed by atoms with van der Waals surface area (Å²) in [5.41, 5.74) is 1.73. The number of guanidine groups is 1. The highest BCUT2D eigenvalue weighted by Gasteiger charge is 2.16. The Hall–Kier alpha value is -3.53. The minimum absolute atomic E-state index is 0.0660. The molecule has 2 aromatic heterocycles. The molecule has 0 amide bonds. The number of nitro benzene ring substituents is 1. The first-order chi connectivity index (χ1) is 14.7. The third kappa shape index (κ3) is 4.90.